The Morgan fingerprint density at radius 3 is 1.93 bits per heavy atom. The van der Waals surface area contributed by atoms with Gasteiger partial charge in [-0.2, -0.15) is 0 Å². The van der Waals surface area contributed by atoms with E-state index in [1.807, 2.05) is 0 Å². The molecule has 0 spiro atoms. The molecule has 0 fully saturated rings. The molecule has 8 rings (SSSR count). The van der Waals surface area contributed by atoms with Crippen molar-refractivity contribution in [2.75, 3.05) is 4.90 Å². The van der Waals surface area contributed by atoms with Gasteiger partial charge in [0, 0.05) is 0 Å². The van der Waals surface area contributed by atoms with Crippen LogP contribution in [-0.2, 0) is 5.41 Å². The van der Waals surface area contributed by atoms with Crippen LogP contribution < -0.4 is 4.90 Å². The van der Waals surface area contributed by atoms with Gasteiger partial charge in [-0.05, 0) is 0 Å². The minimum absolute atomic E-state index is 0.119. The molecule has 0 bridgehead atoms. The summed E-state index contributed by atoms with van der Waals surface area (Å²) in [6.45, 7) is 4.63. The van der Waals surface area contributed by atoms with Crippen LogP contribution in [0.4, 0.5) is 17.1 Å². The fraction of sp³-hybridized carbons (Fsp3) is 0.0732. The maximum absolute atomic E-state index is 2.44. The first kappa shape index (κ1) is 26.0. The predicted molar refractivity (Wildman–Crippen MR) is 187 cm³/mol. The quantitative estimate of drug-likeness (QED) is 0.137. The number of hydrogen-bond acceptors (Lipinski definition) is 1. The Hall–Kier alpha value is -4.62. The van der Waals surface area contributed by atoms with Gasteiger partial charge in [-0.3, -0.25) is 0 Å². The van der Waals surface area contributed by atoms with Crippen molar-refractivity contribution in [1.82, 2.24) is 0 Å². The number of nitrogens with zero attached hydrogens (tertiary/aromatic N) is 1. The molecule has 0 aliphatic carbocycles. The Kier molecular flexibility index (Phi) is 6.22. The summed E-state index contributed by atoms with van der Waals surface area (Å²) >= 11 is 0.212. The summed E-state index contributed by atoms with van der Waals surface area (Å²) in [4.78, 5) is 2.41. The van der Waals surface area contributed by atoms with Crippen molar-refractivity contribution in [1.29, 1.82) is 0 Å². The summed E-state index contributed by atoms with van der Waals surface area (Å²) in [6.07, 6.45) is 0. The van der Waals surface area contributed by atoms with E-state index in [2.05, 4.69) is 170 Å². The van der Waals surface area contributed by atoms with E-state index in [-0.39, 0.29) is 19.9 Å². The van der Waals surface area contributed by atoms with Gasteiger partial charge in [-0.25, -0.2) is 0 Å². The van der Waals surface area contributed by atoms with Crippen molar-refractivity contribution in [3.8, 4) is 0 Å². The number of para-hydroxylation sites is 1. The molecule has 8 aromatic rings. The fourth-order valence-electron chi connectivity index (χ4n) is 6.53. The Morgan fingerprint density at radius 2 is 1.09 bits per heavy atom. The summed E-state index contributed by atoms with van der Waals surface area (Å²) in [7, 11) is 0. The van der Waals surface area contributed by atoms with E-state index in [0.29, 0.717) is 0 Å². The van der Waals surface area contributed by atoms with Crippen LogP contribution in [-0.4, -0.2) is 14.5 Å². The average molecular weight is 617 g/mol. The van der Waals surface area contributed by atoms with Gasteiger partial charge in [0.1, 0.15) is 0 Å². The molecule has 0 N–H and O–H groups in total. The van der Waals surface area contributed by atoms with Crippen LogP contribution in [0.15, 0.2) is 152 Å². The van der Waals surface area contributed by atoms with Gasteiger partial charge in [-0.1, -0.05) is 0 Å². The zero-order chi connectivity index (χ0) is 29.0. The van der Waals surface area contributed by atoms with Crippen molar-refractivity contribution < 1.29 is 0 Å². The van der Waals surface area contributed by atoms with Crippen LogP contribution in [0.1, 0.15) is 25.0 Å². The number of benzene rings is 7. The van der Waals surface area contributed by atoms with E-state index in [4.69, 9.17) is 0 Å². The molecule has 0 aliphatic heterocycles. The molecule has 206 valence electrons. The molecule has 0 amide bonds. The Balaban J connectivity index is 1.31. The van der Waals surface area contributed by atoms with Crippen molar-refractivity contribution >= 4 is 72.4 Å². The van der Waals surface area contributed by atoms with Gasteiger partial charge < -0.3 is 0 Å². The monoisotopic (exact) mass is 617 g/mol. The Morgan fingerprint density at radius 1 is 0.465 bits per heavy atom. The van der Waals surface area contributed by atoms with Gasteiger partial charge >= 0.3 is 259 Å². The average Bonchev–Trinajstić information content (AvgIpc) is 3.44. The molecule has 1 heterocycles. The fourth-order valence-corrected chi connectivity index (χ4v) is 9.27. The van der Waals surface area contributed by atoms with Crippen LogP contribution in [0.5, 0.6) is 0 Å². The van der Waals surface area contributed by atoms with Gasteiger partial charge in [0.25, 0.3) is 0 Å². The number of fused-ring (bicyclic) bond motifs is 7. The summed E-state index contributed by atoms with van der Waals surface area (Å²) < 4.78 is 2.95. The second-order valence-electron chi connectivity index (χ2n) is 11.8. The molecule has 43 heavy (non-hydrogen) atoms. The molecule has 2 heteroatoms. The summed E-state index contributed by atoms with van der Waals surface area (Å²) in [5.74, 6) is 0. The maximum atomic E-state index is 2.44. The molecule has 0 radical (unpaired) electrons. The van der Waals surface area contributed by atoms with Crippen LogP contribution in [0.25, 0.3) is 40.8 Å². The van der Waals surface area contributed by atoms with E-state index in [1.54, 1.807) is 0 Å². The third-order valence-corrected chi connectivity index (χ3v) is 11.4. The number of anilines is 3. The molecule has 0 saturated carbocycles. The third kappa shape index (κ3) is 4.38. The van der Waals surface area contributed by atoms with E-state index < -0.39 is 0 Å². The second kappa shape index (κ2) is 10.3. The van der Waals surface area contributed by atoms with Crippen molar-refractivity contribution in [2.45, 2.75) is 19.3 Å². The van der Waals surface area contributed by atoms with Crippen LogP contribution >= 0.6 is 0 Å². The molecule has 0 unspecified atom stereocenters. The molecule has 1 aromatic heterocycles. The van der Waals surface area contributed by atoms with Gasteiger partial charge in [0.15, 0.2) is 0 Å². The topological polar surface area (TPSA) is 3.24 Å². The number of hydrogen-bond donors (Lipinski definition) is 0. The van der Waals surface area contributed by atoms with Crippen molar-refractivity contribution in [3.63, 3.8) is 0 Å². The predicted octanol–water partition coefficient (Wildman–Crippen LogP) is 11.2. The normalized spacial score (nSPS) is 12.0. The van der Waals surface area contributed by atoms with Crippen molar-refractivity contribution in [3.05, 3.63) is 163 Å². The van der Waals surface area contributed by atoms with Crippen LogP contribution in [0.3, 0.4) is 0 Å². The van der Waals surface area contributed by atoms with E-state index >= 15 is 0 Å². The molecule has 0 saturated heterocycles. The number of rotatable bonds is 5. The van der Waals surface area contributed by atoms with Gasteiger partial charge in [0.2, 0.25) is 0 Å². The van der Waals surface area contributed by atoms with Crippen LogP contribution in [0.2, 0.25) is 0 Å². The van der Waals surface area contributed by atoms with Crippen molar-refractivity contribution in [2.24, 2.45) is 0 Å². The second-order valence-corrected chi connectivity index (χ2v) is 14.0. The zero-order valence-electron chi connectivity index (χ0n) is 24.3. The first-order chi connectivity index (χ1) is 21.1. The van der Waals surface area contributed by atoms with Gasteiger partial charge in [-0.15, -0.1) is 0 Å². The van der Waals surface area contributed by atoms with E-state index in [9.17, 15) is 0 Å². The minimum atomic E-state index is -0.119. The summed E-state index contributed by atoms with van der Waals surface area (Å²) in [6, 6.07) is 55.7. The summed E-state index contributed by atoms with van der Waals surface area (Å²) in [5.41, 5.74) is 6.03. The molecular formula is C41H31NSe. The molecule has 7 aromatic carbocycles. The zero-order valence-corrected chi connectivity index (χ0v) is 26.0. The van der Waals surface area contributed by atoms with E-state index in [0.717, 1.165) is 5.69 Å². The molecular weight excluding hydrogens is 585 g/mol. The molecule has 0 atom stereocenters. The third-order valence-electron chi connectivity index (χ3n) is 8.92. The van der Waals surface area contributed by atoms with E-state index in [1.165, 1.54) is 63.3 Å². The van der Waals surface area contributed by atoms with Gasteiger partial charge in [0.05, 0.1) is 0 Å². The molecule has 0 aliphatic rings. The Bertz CT molecular complexity index is 2260. The Labute approximate surface area is 258 Å². The van der Waals surface area contributed by atoms with Crippen LogP contribution in [0, 0.1) is 0 Å². The first-order valence-corrected chi connectivity index (χ1v) is 16.6. The SMILES string of the molecule is CC(C)(c1ccccc1)c1cccc(N(c2ccccc2)c2ccc3c(c2)[se]c2c3ccc3ccc4ccccc4c32)c1. The summed E-state index contributed by atoms with van der Waals surface area (Å²) in [5, 5.41) is 8.18. The first-order valence-electron chi connectivity index (χ1n) is 14.9. The standard InChI is InChI=1S/C41H31NSe/c1-41(2,30-13-5-3-6-14-30)31-15-11-18-33(26-31)42(32-16-7-4-8-17-32)34-23-25-36-37-24-22-29-21-20-28-12-9-10-19-35(28)39(29)40(37)43-38(36)27-34/h3-27H,1-2H3. The molecule has 1 nitrogen and oxygen atoms in total.